The Morgan fingerprint density at radius 2 is 1.47 bits per heavy atom. The highest BCUT2D eigenvalue weighted by molar-refractivity contribution is 6.06. The Balaban J connectivity index is 1.78. The van der Waals surface area contributed by atoms with E-state index >= 15 is 0 Å². The molecule has 2 aromatic rings. The zero-order valence-electron chi connectivity index (χ0n) is 19.6. The molecule has 0 aromatic heterocycles. The molecule has 1 aliphatic heterocycles. The average molecular weight is 441 g/mol. The van der Waals surface area contributed by atoms with Gasteiger partial charge in [0.25, 0.3) is 0 Å². The van der Waals surface area contributed by atoms with Crippen LogP contribution in [-0.2, 0) is 19.1 Å². The minimum Gasteiger partial charge on any atom is -0.461 e. The second-order valence-corrected chi connectivity index (χ2v) is 8.73. The molecule has 3 rings (SSSR count). The number of hydrogen-bond acceptors (Lipinski definition) is 6. The number of anilines is 2. The number of hydrogen-bond donors (Lipinski definition) is 2. The van der Waals surface area contributed by atoms with Crippen LogP contribution in [0.2, 0.25) is 0 Å². The fourth-order valence-corrected chi connectivity index (χ4v) is 4.05. The molecule has 0 aliphatic carbocycles. The first-order valence-electron chi connectivity index (χ1n) is 11.9. The maximum Gasteiger partial charge on any atom is 0.305 e. The third-order valence-corrected chi connectivity index (χ3v) is 5.92. The van der Waals surface area contributed by atoms with Crippen molar-refractivity contribution in [2.45, 2.75) is 77.8 Å². The van der Waals surface area contributed by atoms with Crippen LogP contribution in [-0.4, -0.2) is 30.8 Å². The van der Waals surface area contributed by atoms with Gasteiger partial charge in [-0.1, -0.05) is 63.8 Å². The molecule has 2 aromatic carbocycles. The highest BCUT2D eigenvalue weighted by Gasteiger charge is 2.38. The first kappa shape index (κ1) is 23.9. The molecule has 6 nitrogen and oxygen atoms in total. The summed E-state index contributed by atoms with van der Waals surface area (Å²) < 4.78 is 11.3. The molecule has 0 saturated carbocycles. The summed E-state index contributed by atoms with van der Waals surface area (Å²) in [6.07, 6.45) is 6.52. The SMILES string of the molecule is CCCCCC(=O)OCC1(COC(=O)CCCCC)Nc2cccc3ccc(C)c(c23)N1. The Hall–Kier alpha value is -2.76. The zero-order valence-corrected chi connectivity index (χ0v) is 19.6. The lowest BCUT2D eigenvalue weighted by atomic mass is 9.97. The van der Waals surface area contributed by atoms with Gasteiger partial charge in [0.15, 0.2) is 5.66 Å². The number of carbonyl (C=O) groups excluding carboxylic acids is 2. The molecule has 174 valence electrons. The molecule has 6 heteroatoms. The van der Waals surface area contributed by atoms with Crippen molar-refractivity contribution < 1.29 is 19.1 Å². The topological polar surface area (TPSA) is 76.7 Å². The summed E-state index contributed by atoms with van der Waals surface area (Å²) in [6, 6.07) is 10.2. The molecule has 0 radical (unpaired) electrons. The number of carbonyl (C=O) groups is 2. The quantitative estimate of drug-likeness (QED) is 0.315. The Bertz CT molecular complexity index is 915. The van der Waals surface area contributed by atoms with Crippen LogP contribution in [0.1, 0.15) is 70.8 Å². The van der Waals surface area contributed by atoms with Crippen LogP contribution in [0.3, 0.4) is 0 Å². The minimum atomic E-state index is -0.922. The van der Waals surface area contributed by atoms with Crippen LogP contribution in [0.15, 0.2) is 30.3 Å². The third kappa shape index (κ3) is 5.93. The first-order valence-corrected chi connectivity index (χ1v) is 11.9. The van der Waals surface area contributed by atoms with E-state index in [9.17, 15) is 9.59 Å². The summed E-state index contributed by atoms with van der Waals surface area (Å²) in [6.45, 7) is 6.37. The van der Waals surface area contributed by atoms with Gasteiger partial charge in [0, 0.05) is 29.6 Å². The molecule has 0 atom stereocenters. The van der Waals surface area contributed by atoms with Crippen LogP contribution >= 0.6 is 0 Å². The zero-order chi connectivity index (χ0) is 23.0. The minimum absolute atomic E-state index is 0.0599. The van der Waals surface area contributed by atoms with Crippen molar-refractivity contribution in [2.24, 2.45) is 0 Å². The summed E-state index contributed by atoms with van der Waals surface area (Å²) in [5.74, 6) is -0.464. The molecule has 1 aliphatic rings. The van der Waals surface area contributed by atoms with Crippen LogP contribution in [0.5, 0.6) is 0 Å². The monoisotopic (exact) mass is 440 g/mol. The van der Waals surface area contributed by atoms with Gasteiger partial charge in [-0.2, -0.15) is 0 Å². The lowest BCUT2D eigenvalue weighted by molar-refractivity contribution is -0.148. The Labute approximate surface area is 191 Å². The molecule has 32 heavy (non-hydrogen) atoms. The van der Waals surface area contributed by atoms with Crippen LogP contribution < -0.4 is 10.6 Å². The molecule has 0 bridgehead atoms. The van der Waals surface area contributed by atoms with Crippen molar-refractivity contribution in [2.75, 3.05) is 23.8 Å². The van der Waals surface area contributed by atoms with E-state index in [1.807, 2.05) is 19.1 Å². The standard InChI is InChI=1S/C26H36N2O4/c1-4-6-8-13-22(29)31-17-26(18-32-23(30)14-9-7-5-2)27-21-12-10-11-20-16-15-19(3)25(28-26)24(20)21/h10-12,15-16,27-28H,4-9,13-14,17-18H2,1-3H3. The normalized spacial score (nSPS) is 13.8. The van der Waals surface area contributed by atoms with Gasteiger partial charge in [0.2, 0.25) is 0 Å². The Morgan fingerprint density at radius 3 is 2.06 bits per heavy atom. The first-order chi connectivity index (χ1) is 15.5. The van der Waals surface area contributed by atoms with E-state index in [4.69, 9.17) is 9.47 Å². The number of benzene rings is 2. The molecule has 0 fully saturated rings. The second-order valence-electron chi connectivity index (χ2n) is 8.73. The maximum absolute atomic E-state index is 12.3. The van der Waals surface area contributed by atoms with Crippen molar-refractivity contribution in [1.82, 2.24) is 0 Å². The Morgan fingerprint density at radius 1 is 0.844 bits per heavy atom. The summed E-state index contributed by atoms with van der Waals surface area (Å²) in [5, 5.41) is 9.21. The lowest BCUT2D eigenvalue weighted by Gasteiger charge is -2.40. The molecule has 0 unspecified atom stereocenters. The summed E-state index contributed by atoms with van der Waals surface area (Å²) in [7, 11) is 0. The molecule has 0 spiro atoms. The van der Waals surface area contributed by atoms with Crippen LogP contribution in [0, 0.1) is 6.92 Å². The van der Waals surface area contributed by atoms with E-state index in [0.717, 1.165) is 66.2 Å². The molecule has 2 N–H and O–H groups in total. The predicted molar refractivity (Wildman–Crippen MR) is 129 cm³/mol. The number of ether oxygens (including phenoxy) is 2. The number of nitrogens with one attached hydrogen (secondary N) is 2. The average Bonchev–Trinajstić information content (AvgIpc) is 2.79. The number of unbranched alkanes of at least 4 members (excludes halogenated alkanes) is 4. The number of rotatable bonds is 12. The van der Waals surface area contributed by atoms with Crippen molar-refractivity contribution >= 4 is 34.1 Å². The van der Waals surface area contributed by atoms with Gasteiger partial charge in [-0.15, -0.1) is 0 Å². The van der Waals surface area contributed by atoms with E-state index in [1.165, 1.54) is 0 Å². The van der Waals surface area contributed by atoms with E-state index in [1.54, 1.807) is 0 Å². The summed E-state index contributed by atoms with van der Waals surface area (Å²) in [5.41, 5.74) is 2.07. The lowest BCUT2D eigenvalue weighted by Crippen LogP contribution is -2.56. The van der Waals surface area contributed by atoms with Gasteiger partial charge in [-0.05, 0) is 36.8 Å². The molecular formula is C26H36N2O4. The Kier molecular flexibility index (Phi) is 8.37. The fraction of sp³-hybridized carbons (Fsp3) is 0.538. The van der Waals surface area contributed by atoms with Gasteiger partial charge in [0.1, 0.15) is 13.2 Å². The predicted octanol–water partition coefficient (Wildman–Crippen LogP) is 5.93. The van der Waals surface area contributed by atoms with Crippen molar-refractivity contribution in [1.29, 1.82) is 0 Å². The van der Waals surface area contributed by atoms with E-state index in [0.29, 0.717) is 12.8 Å². The molecule has 0 amide bonds. The highest BCUT2D eigenvalue weighted by Crippen LogP contribution is 2.40. The van der Waals surface area contributed by atoms with Gasteiger partial charge in [-0.25, -0.2) is 0 Å². The van der Waals surface area contributed by atoms with Gasteiger partial charge >= 0.3 is 11.9 Å². The third-order valence-electron chi connectivity index (χ3n) is 5.92. The van der Waals surface area contributed by atoms with E-state index < -0.39 is 5.66 Å². The molecule has 1 heterocycles. The van der Waals surface area contributed by atoms with Gasteiger partial charge < -0.3 is 20.1 Å². The fourth-order valence-electron chi connectivity index (χ4n) is 4.05. The highest BCUT2D eigenvalue weighted by atomic mass is 16.6. The maximum atomic E-state index is 12.3. The van der Waals surface area contributed by atoms with Crippen LogP contribution in [0.25, 0.3) is 10.8 Å². The van der Waals surface area contributed by atoms with Crippen LogP contribution in [0.4, 0.5) is 11.4 Å². The van der Waals surface area contributed by atoms with Gasteiger partial charge in [0.05, 0.1) is 0 Å². The second kappa shape index (κ2) is 11.2. The van der Waals surface area contributed by atoms with Gasteiger partial charge in [-0.3, -0.25) is 9.59 Å². The summed E-state index contributed by atoms with van der Waals surface area (Å²) in [4.78, 5) is 24.7. The van der Waals surface area contributed by atoms with Crippen molar-refractivity contribution in [3.8, 4) is 0 Å². The van der Waals surface area contributed by atoms with Crippen molar-refractivity contribution in [3.05, 3.63) is 35.9 Å². The number of esters is 2. The molecular weight excluding hydrogens is 404 g/mol. The summed E-state index contributed by atoms with van der Waals surface area (Å²) >= 11 is 0. The van der Waals surface area contributed by atoms with E-state index in [-0.39, 0.29) is 25.2 Å². The van der Waals surface area contributed by atoms with Crippen molar-refractivity contribution in [3.63, 3.8) is 0 Å². The molecule has 0 saturated heterocycles. The van der Waals surface area contributed by atoms with E-state index in [2.05, 4.69) is 42.7 Å². The number of aryl methyl sites for hydroxylation is 1. The largest absolute Gasteiger partial charge is 0.461 e. The smallest absolute Gasteiger partial charge is 0.305 e.